The number of rotatable bonds is 2. The van der Waals surface area contributed by atoms with Crippen molar-refractivity contribution in [3.8, 4) is 11.1 Å². The van der Waals surface area contributed by atoms with Crippen molar-refractivity contribution in [3.05, 3.63) is 52.2 Å². The average Bonchev–Trinajstić information content (AvgIpc) is 2.33. The van der Waals surface area contributed by atoms with E-state index < -0.39 is 22.9 Å². The molecule has 0 spiro atoms. The van der Waals surface area contributed by atoms with Crippen LogP contribution >= 0.6 is 0 Å². The van der Waals surface area contributed by atoms with Crippen LogP contribution < -0.4 is 5.56 Å². The Morgan fingerprint density at radius 1 is 1.33 bits per heavy atom. The number of aromatic carboxylic acids is 1. The van der Waals surface area contributed by atoms with Gasteiger partial charge in [0.05, 0.1) is 6.20 Å². The highest BCUT2D eigenvalue weighted by molar-refractivity contribution is 5.95. The number of carboxylic acid groups (broad SMARTS) is 1. The van der Waals surface area contributed by atoms with E-state index in [1.165, 1.54) is 31.4 Å². The second-order valence-electron chi connectivity index (χ2n) is 3.65. The number of hydrogen-bond acceptors (Lipinski definition) is 3. The molecule has 0 aliphatic heterocycles. The van der Waals surface area contributed by atoms with Crippen molar-refractivity contribution in [1.29, 1.82) is 0 Å². The molecule has 0 saturated carbocycles. The minimum absolute atomic E-state index is 0.0244. The van der Waals surface area contributed by atoms with Crippen LogP contribution in [0.1, 0.15) is 10.4 Å². The molecule has 0 aliphatic carbocycles. The lowest BCUT2D eigenvalue weighted by Gasteiger charge is -2.07. The minimum atomic E-state index is -1.41. The summed E-state index contributed by atoms with van der Waals surface area (Å²) in [5, 5.41) is 12.8. The van der Waals surface area contributed by atoms with Crippen molar-refractivity contribution in [3.63, 3.8) is 0 Å². The zero-order valence-electron chi connectivity index (χ0n) is 9.42. The Balaban J connectivity index is 2.81. The van der Waals surface area contributed by atoms with E-state index in [9.17, 15) is 14.0 Å². The Morgan fingerprint density at radius 2 is 2.00 bits per heavy atom. The molecule has 5 nitrogen and oxygen atoms in total. The van der Waals surface area contributed by atoms with E-state index in [-0.39, 0.29) is 11.1 Å². The zero-order valence-corrected chi connectivity index (χ0v) is 9.42. The van der Waals surface area contributed by atoms with Gasteiger partial charge < -0.3 is 5.11 Å². The van der Waals surface area contributed by atoms with E-state index in [0.29, 0.717) is 0 Å². The molecule has 1 heterocycles. The fraction of sp³-hybridized carbons (Fsp3) is 0.0833. The van der Waals surface area contributed by atoms with Gasteiger partial charge in [-0.25, -0.2) is 13.9 Å². The van der Waals surface area contributed by atoms with Crippen molar-refractivity contribution in [1.82, 2.24) is 9.78 Å². The Labute approximate surface area is 101 Å². The molecule has 0 fully saturated rings. The first-order valence-corrected chi connectivity index (χ1v) is 5.07. The largest absolute Gasteiger partial charge is 0.477 e. The molecule has 0 radical (unpaired) electrons. The fourth-order valence-corrected chi connectivity index (χ4v) is 1.63. The first kappa shape index (κ1) is 12.0. The van der Waals surface area contributed by atoms with Gasteiger partial charge in [0.15, 0.2) is 0 Å². The Morgan fingerprint density at radius 3 is 2.61 bits per heavy atom. The highest BCUT2D eigenvalue weighted by atomic mass is 19.1. The highest BCUT2D eigenvalue weighted by Gasteiger charge is 2.19. The van der Waals surface area contributed by atoms with Crippen LogP contribution in [0.25, 0.3) is 11.1 Å². The second kappa shape index (κ2) is 4.40. The number of nitrogens with zero attached hydrogens (tertiary/aromatic N) is 2. The Bertz CT molecular complexity index is 679. The monoisotopic (exact) mass is 248 g/mol. The molecule has 0 atom stereocenters. The van der Waals surface area contributed by atoms with E-state index in [1.807, 2.05) is 0 Å². The molecule has 0 unspecified atom stereocenters. The van der Waals surface area contributed by atoms with E-state index in [2.05, 4.69) is 5.10 Å². The van der Waals surface area contributed by atoms with Crippen molar-refractivity contribution >= 4 is 5.97 Å². The lowest BCUT2D eigenvalue weighted by molar-refractivity contribution is 0.0694. The molecule has 2 rings (SSSR count). The standard InChI is InChI=1S/C12H9FN2O3/c1-15-11(16)10(12(17)18)8(6-14-15)7-4-2-3-5-9(7)13/h2-6H,1H3,(H,17,18). The van der Waals surface area contributed by atoms with E-state index >= 15 is 0 Å². The summed E-state index contributed by atoms with van der Waals surface area (Å²) in [6.07, 6.45) is 1.17. The first-order chi connectivity index (χ1) is 8.52. The molecule has 1 aromatic carbocycles. The third-order valence-electron chi connectivity index (χ3n) is 2.52. The molecule has 6 heteroatoms. The van der Waals surface area contributed by atoms with Crippen molar-refractivity contribution in [2.45, 2.75) is 0 Å². The maximum Gasteiger partial charge on any atom is 0.342 e. The van der Waals surface area contributed by atoms with Crippen molar-refractivity contribution in [2.24, 2.45) is 7.05 Å². The molecule has 0 bridgehead atoms. The van der Waals surface area contributed by atoms with Gasteiger partial charge in [0, 0.05) is 18.2 Å². The van der Waals surface area contributed by atoms with Crippen LogP contribution in [-0.4, -0.2) is 20.9 Å². The van der Waals surface area contributed by atoms with Crippen LogP contribution in [-0.2, 0) is 7.05 Å². The summed E-state index contributed by atoms with van der Waals surface area (Å²) < 4.78 is 14.5. The molecule has 18 heavy (non-hydrogen) atoms. The molecule has 0 aliphatic rings. The summed E-state index contributed by atoms with van der Waals surface area (Å²) in [6.45, 7) is 0. The topological polar surface area (TPSA) is 72.2 Å². The van der Waals surface area contributed by atoms with Crippen molar-refractivity contribution in [2.75, 3.05) is 0 Å². The SMILES string of the molecule is Cn1ncc(-c2ccccc2F)c(C(=O)O)c1=O. The molecular weight excluding hydrogens is 239 g/mol. The smallest absolute Gasteiger partial charge is 0.342 e. The molecular formula is C12H9FN2O3. The molecule has 0 saturated heterocycles. The summed E-state index contributed by atoms with van der Waals surface area (Å²) in [7, 11) is 1.33. The third-order valence-corrected chi connectivity index (χ3v) is 2.52. The lowest BCUT2D eigenvalue weighted by Crippen LogP contribution is -2.27. The Hall–Kier alpha value is -2.50. The van der Waals surface area contributed by atoms with Gasteiger partial charge in [0.1, 0.15) is 11.4 Å². The van der Waals surface area contributed by atoms with Crippen molar-refractivity contribution < 1.29 is 14.3 Å². The number of halogens is 1. The predicted octanol–water partition coefficient (Wildman–Crippen LogP) is 1.28. The summed E-state index contributed by atoms with van der Waals surface area (Å²) >= 11 is 0. The number of aryl methyl sites for hydroxylation is 1. The number of carbonyl (C=O) groups is 1. The van der Waals surface area contributed by atoms with E-state index in [1.54, 1.807) is 6.07 Å². The molecule has 92 valence electrons. The van der Waals surface area contributed by atoms with Gasteiger partial charge in [-0.1, -0.05) is 18.2 Å². The van der Waals surface area contributed by atoms with Crippen LogP contribution in [0.3, 0.4) is 0 Å². The minimum Gasteiger partial charge on any atom is -0.477 e. The number of hydrogen-bond donors (Lipinski definition) is 1. The molecule has 2 aromatic rings. The number of benzene rings is 1. The quantitative estimate of drug-likeness (QED) is 0.869. The fourth-order valence-electron chi connectivity index (χ4n) is 1.63. The zero-order chi connectivity index (χ0) is 13.3. The average molecular weight is 248 g/mol. The van der Waals surface area contributed by atoms with Gasteiger partial charge in [-0.05, 0) is 6.07 Å². The summed E-state index contributed by atoms with van der Waals surface area (Å²) in [5.74, 6) is -2.01. The molecule has 0 amide bonds. The van der Waals surface area contributed by atoms with Crippen LogP contribution in [0.15, 0.2) is 35.3 Å². The first-order valence-electron chi connectivity index (χ1n) is 5.07. The number of carboxylic acids is 1. The number of aromatic nitrogens is 2. The van der Waals surface area contributed by atoms with E-state index in [4.69, 9.17) is 5.11 Å². The van der Waals surface area contributed by atoms with Gasteiger partial charge in [-0.2, -0.15) is 5.10 Å². The molecule has 1 N–H and O–H groups in total. The summed E-state index contributed by atoms with van der Waals surface area (Å²) in [4.78, 5) is 22.8. The van der Waals surface area contributed by atoms with Crippen LogP contribution in [0, 0.1) is 5.82 Å². The highest BCUT2D eigenvalue weighted by Crippen LogP contribution is 2.23. The van der Waals surface area contributed by atoms with Gasteiger partial charge in [-0.3, -0.25) is 4.79 Å². The maximum atomic E-state index is 13.6. The van der Waals surface area contributed by atoms with Crippen LogP contribution in [0.5, 0.6) is 0 Å². The van der Waals surface area contributed by atoms with E-state index in [0.717, 1.165) is 4.68 Å². The summed E-state index contributed by atoms with van der Waals surface area (Å²) in [6, 6.07) is 5.63. The van der Waals surface area contributed by atoms with Gasteiger partial charge in [-0.15, -0.1) is 0 Å². The predicted molar refractivity (Wildman–Crippen MR) is 61.8 cm³/mol. The molecule has 1 aromatic heterocycles. The third kappa shape index (κ3) is 1.88. The van der Waals surface area contributed by atoms with Gasteiger partial charge in [0.2, 0.25) is 0 Å². The Kier molecular flexibility index (Phi) is 2.93. The maximum absolute atomic E-state index is 13.6. The van der Waals surface area contributed by atoms with Gasteiger partial charge >= 0.3 is 5.97 Å². The lowest BCUT2D eigenvalue weighted by atomic mass is 10.0. The van der Waals surface area contributed by atoms with Crippen LogP contribution in [0.4, 0.5) is 4.39 Å². The van der Waals surface area contributed by atoms with Gasteiger partial charge in [0.25, 0.3) is 5.56 Å². The normalized spacial score (nSPS) is 10.3. The van der Waals surface area contributed by atoms with Crippen LogP contribution in [0.2, 0.25) is 0 Å². The summed E-state index contributed by atoms with van der Waals surface area (Å²) in [5.41, 5.74) is -1.25. The second-order valence-corrected chi connectivity index (χ2v) is 3.65.